The first-order valence-electron chi connectivity index (χ1n) is 7.05. The summed E-state index contributed by atoms with van der Waals surface area (Å²) in [6, 6.07) is 11.7. The number of carbonyl (C=O) groups is 1. The number of aromatic nitrogens is 2. The molecule has 0 fully saturated rings. The Morgan fingerprint density at radius 1 is 1.12 bits per heavy atom. The SMILES string of the molecule is COC(=O)Oc1ccc(OC)c(-c2nc3ccccc3c(=O)[nH]2)c1. The lowest BCUT2D eigenvalue weighted by Crippen LogP contribution is -2.10. The molecule has 0 aliphatic rings. The summed E-state index contributed by atoms with van der Waals surface area (Å²) < 4.78 is 14.8. The molecule has 3 rings (SSSR count). The Morgan fingerprint density at radius 3 is 2.67 bits per heavy atom. The third-order valence-electron chi connectivity index (χ3n) is 3.41. The Labute approximate surface area is 136 Å². The van der Waals surface area contributed by atoms with E-state index in [1.165, 1.54) is 14.2 Å². The molecule has 0 aliphatic carbocycles. The summed E-state index contributed by atoms with van der Waals surface area (Å²) in [6.07, 6.45) is -0.842. The van der Waals surface area contributed by atoms with E-state index in [0.29, 0.717) is 28.0 Å². The molecule has 7 heteroatoms. The molecule has 3 aromatic rings. The van der Waals surface area contributed by atoms with Crippen molar-refractivity contribution in [2.45, 2.75) is 0 Å². The lowest BCUT2D eigenvalue weighted by atomic mass is 10.1. The standard InChI is InChI=1S/C17H14N2O5/c1-22-14-8-7-10(24-17(21)23-2)9-12(14)15-18-13-6-4-3-5-11(13)16(20)19-15/h3-9H,1-2H3,(H,18,19,20). The van der Waals surface area contributed by atoms with Crippen LogP contribution in [0.2, 0.25) is 0 Å². The molecule has 0 atom stereocenters. The predicted molar refractivity (Wildman–Crippen MR) is 87.4 cm³/mol. The number of nitrogens with one attached hydrogen (secondary N) is 1. The van der Waals surface area contributed by atoms with Crippen molar-refractivity contribution >= 4 is 17.1 Å². The van der Waals surface area contributed by atoms with E-state index in [4.69, 9.17) is 9.47 Å². The molecule has 0 bridgehead atoms. The van der Waals surface area contributed by atoms with E-state index >= 15 is 0 Å². The van der Waals surface area contributed by atoms with Gasteiger partial charge < -0.3 is 19.2 Å². The average molecular weight is 326 g/mol. The van der Waals surface area contributed by atoms with Crippen molar-refractivity contribution in [3.8, 4) is 22.9 Å². The number of H-pyrrole nitrogens is 1. The molecule has 0 saturated carbocycles. The predicted octanol–water partition coefficient (Wildman–Crippen LogP) is 2.74. The summed E-state index contributed by atoms with van der Waals surface area (Å²) in [5.74, 6) is 1.03. The number of methoxy groups -OCH3 is 2. The van der Waals surface area contributed by atoms with Crippen LogP contribution in [0.3, 0.4) is 0 Å². The third-order valence-corrected chi connectivity index (χ3v) is 3.41. The normalized spacial score (nSPS) is 10.4. The summed E-state index contributed by atoms with van der Waals surface area (Å²) >= 11 is 0. The number of rotatable bonds is 3. The monoisotopic (exact) mass is 326 g/mol. The van der Waals surface area contributed by atoms with Crippen molar-refractivity contribution in [1.82, 2.24) is 9.97 Å². The first-order chi connectivity index (χ1) is 11.6. The van der Waals surface area contributed by atoms with E-state index in [2.05, 4.69) is 14.7 Å². The maximum absolute atomic E-state index is 12.2. The zero-order valence-electron chi connectivity index (χ0n) is 13.0. The fourth-order valence-corrected chi connectivity index (χ4v) is 2.29. The Kier molecular flexibility index (Phi) is 4.15. The van der Waals surface area contributed by atoms with Gasteiger partial charge in [-0.05, 0) is 30.3 Å². The van der Waals surface area contributed by atoms with E-state index in [1.54, 1.807) is 42.5 Å². The second-order valence-corrected chi connectivity index (χ2v) is 4.85. The molecule has 24 heavy (non-hydrogen) atoms. The van der Waals surface area contributed by atoms with E-state index < -0.39 is 6.16 Å². The van der Waals surface area contributed by atoms with Gasteiger partial charge in [-0.2, -0.15) is 0 Å². The minimum atomic E-state index is -0.842. The van der Waals surface area contributed by atoms with Crippen LogP contribution in [0.4, 0.5) is 4.79 Å². The van der Waals surface area contributed by atoms with E-state index in [0.717, 1.165) is 0 Å². The molecule has 7 nitrogen and oxygen atoms in total. The molecule has 0 aliphatic heterocycles. The molecule has 0 unspecified atom stereocenters. The summed E-state index contributed by atoms with van der Waals surface area (Å²) in [4.78, 5) is 30.7. The summed E-state index contributed by atoms with van der Waals surface area (Å²) in [5.41, 5.74) is 0.774. The molecule has 1 aromatic heterocycles. The number of para-hydroxylation sites is 1. The topological polar surface area (TPSA) is 90.5 Å². The van der Waals surface area contributed by atoms with Crippen LogP contribution < -0.4 is 15.0 Å². The lowest BCUT2D eigenvalue weighted by Gasteiger charge is -2.10. The Hall–Kier alpha value is -3.35. The van der Waals surface area contributed by atoms with Gasteiger partial charge in [0.2, 0.25) is 0 Å². The third kappa shape index (κ3) is 2.91. The number of carbonyl (C=O) groups excluding carboxylic acids is 1. The molecule has 0 amide bonds. The van der Waals surface area contributed by atoms with Crippen LogP contribution in [0.1, 0.15) is 0 Å². The van der Waals surface area contributed by atoms with Crippen molar-refractivity contribution in [1.29, 1.82) is 0 Å². The molecular formula is C17H14N2O5. The highest BCUT2D eigenvalue weighted by molar-refractivity contribution is 5.80. The number of nitrogens with zero attached hydrogens (tertiary/aromatic N) is 1. The van der Waals surface area contributed by atoms with Crippen LogP contribution in [0.5, 0.6) is 11.5 Å². The maximum atomic E-state index is 12.2. The fourth-order valence-electron chi connectivity index (χ4n) is 2.29. The highest BCUT2D eigenvalue weighted by atomic mass is 16.7. The van der Waals surface area contributed by atoms with E-state index in [1.807, 2.05) is 0 Å². The van der Waals surface area contributed by atoms with E-state index in [9.17, 15) is 9.59 Å². The van der Waals surface area contributed by atoms with Crippen LogP contribution in [0, 0.1) is 0 Å². The Balaban J connectivity index is 2.15. The molecule has 0 spiro atoms. The highest BCUT2D eigenvalue weighted by Gasteiger charge is 2.14. The van der Waals surface area contributed by atoms with Gasteiger partial charge >= 0.3 is 6.16 Å². The number of hydrogen-bond donors (Lipinski definition) is 1. The molecule has 0 radical (unpaired) electrons. The largest absolute Gasteiger partial charge is 0.513 e. The summed E-state index contributed by atoms with van der Waals surface area (Å²) in [6.45, 7) is 0. The van der Waals surface area contributed by atoms with Gasteiger partial charge in [0.25, 0.3) is 5.56 Å². The van der Waals surface area contributed by atoms with Gasteiger partial charge in [0, 0.05) is 0 Å². The van der Waals surface area contributed by atoms with Gasteiger partial charge in [0.05, 0.1) is 30.7 Å². The van der Waals surface area contributed by atoms with Crippen molar-refractivity contribution < 1.29 is 19.0 Å². The minimum Gasteiger partial charge on any atom is -0.496 e. The van der Waals surface area contributed by atoms with E-state index in [-0.39, 0.29) is 11.3 Å². The van der Waals surface area contributed by atoms with Crippen molar-refractivity contribution in [3.05, 3.63) is 52.8 Å². The van der Waals surface area contributed by atoms with Crippen molar-refractivity contribution in [2.75, 3.05) is 14.2 Å². The zero-order valence-corrected chi connectivity index (χ0v) is 13.0. The molecule has 0 saturated heterocycles. The molecule has 1 heterocycles. The maximum Gasteiger partial charge on any atom is 0.513 e. The Morgan fingerprint density at radius 2 is 1.92 bits per heavy atom. The average Bonchev–Trinajstić information content (AvgIpc) is 2.61. The smallest absolute Gasteiger partial charge is 0.496 e. The van der Waals surface area contributed by atoms with Crippen LogP contribution >= 0.6 is 0 Å². The summed E-state index contributed by atoms with van der Waals surface area (Å²) in [5, 5.41) is 0.488. The quantitative estimate of drug-likeness (QED) is 0.588. The first kappa shape index (κ1) is 15.5. The van der Waals surface area contributed by atoms with Gasteiger partial charge in [0.1, 0.15) is 17.3 Å². The van der Waals surface area contributed by atoms with Gasteiger partial charge in [0.15, 0.2) is 0 Å². The van der Waals surface area contributed by atoms with Gasteiger partial charge in [-0.3, -0.25) is 4.79 Å². The van der Waals surface area contributed by atoms with Crippen molar-refractivity contribution in [3.63, 3.8) is 0 Å². The molecule has 2 aromatic carbocycles. The molecule has 122 valence electrons. The van der Waals surface area contributed by atoms with Crippen LogP contribution in [-0.4, -0.2) is 30.3 Å². The Bertz CT molecular complexity index is 965. The van der Waals surface area contributed by atoms with Crippen molar-refractivity contribution in [2.24, 2.45) is 0 Å². The summed E-state index contributed by atoms with van der Waals surface area (Å²) in [7, 11) is 2.72. The highest BCUT2D eigenvalue weighted by Crippen LogP contribution is 2.31. The first-order valence-corrected chi connectivity index (χ1v) is 7.05. The molecule has 1 N–H and O–H groups in total. The second-order valence-electron chi connectivity index (χ2n) is 4.85. The van der Waals surface area contributed by atoms with Gasteiger partial charge in [-0.15, -0.1) is 0 Å². The lowest BCUT2D eigenvalue weighted by molar-refractivity contribution is 0.121. The number of fused-ring (bicyclic) bond motifs is 1. The number of hydrogen-bond acceptors (Lipinski definition) is 6. The molecular weight excluding hydrogens is 312 g/mol. The van der Waals surface area contributed by atoms with Gasteiger partial charge in [-0.1, -0.05) is 12.1 Å². The fraction of sp³-hybridized carbons (Fsp3) is 0.118. The number of ether oxygens (including phenoxy) is 3. The number of aromatic amines is 1. The number of benzene rings is 2. The van der Waals surface area contributed by atoms with Crippen LogP contribution in [0.15, 0.2) is 47.3 Å². The van der Waals surface area contributed by atoms with Crippen LogP contribution in [0.25, 0.3) is 22.3 Å². The van der Waals surface area contributed by atoms with Gasteiger partial charge in [-0.25, -0.2) is 9.78 Å². The second kappa shape index (κ2) is 6.41. The van der Waals surface area contributed by atoms with Crippen LogP contribution in [-0.2, 0) is 4.74 Å². The minimum absolute atomic E-state index is 0.244. The zero-order chi connectivity index (χ0) is 17.1.